The summed E-state index contributed by atoms with van der Waals surface area (Å²) >= 11 is 0. The third-order valence-corrected chi connectivity index (χ3v) is 6.87. The third kappa shape index (κ3) is 3.09. The predicted octanol–water partition coefficient (Wildman–Crippen LogP) is 3.25. The smallest absolute Gasteiger partial charge is 0.323 e. The lowest BCUT2D eigenvalue weighted by Crippen LogP contribution is -2.51. The van der Waals surface area contributed by atoms with Gasteiger partial charge in [-0.25, -0.2) is 4.79 Å². The minimum atomic E-state index is -0.797. The van der Waals surface area contributed by atoms with Crippen LogP contribution in [0, 0.1) is 5.92 Å². The maximum Gasteiger partial charge on any atom is 0.325 e. The summed E-state index contributed by atoms with van der Waals surface area (Å²) in [4.78, 5) is 41.7. The molecule has 1 unspecified atom stereocenters. The molecule has 1 saturated heterocycles. The minimum Gasteiger partial charge on any atom is -0.323 e. The Morgan fingerprint density at radius 3 is 2.61 bits per heavy atom. The summed E-state index contributed by atoms with van der Waals surface area (Å²) < 4.78 is 0. The lowest BCUT2D eigenvalue weighted by Gasteiger charge is -2.36. The highest BCUT2D eigenvalue weighted by atomic mass is 16.2. The first-order valence-electron chi connectivity index (χ1n) is 10.5. The lowest BCUT2D eigenvalue weighted by molar-refractivity contribution is -0.135. The van der Waals surface area contributed by atoms with Gasteiger partial charge >= 0.3 is 6.03 Å². The van der Waals surface area contributed by atoms with Crippen molar-refractivity contribution in [1.29, 1.82) is 0 Å². The fraction of sp³-hybridized carbons (Fsp3) is 0.591. The second kappa shape index (κ2) is 7.22. The van der Waals surface area contributed by atoms with Crippen LogP contribution in [0.3, 0.4) is 0 Å². The zero-order chi connectivity index (χ0) is 19.9. The topological polar surface area (TPSA) is 69.7 Å². The van der Waals surface area contributed by atoms with Gasteiger partial charge in [0.1, 0.15) is 12.1 Å². The number of hydrogen-bond donors (Lipinski definition) is 1. The summed E-state index contributed by atoms with van der Waals surface area (Å²) in [5.41, 5.74) is 1.24. The molecular formula is C22H29N3O3. The summed E-state index contributed by atoms with van der Waals surface area (Å²) in [6, 6.07) is 7.51. The average Bonchev–Trinajstić information content (AvgIpc) is 2.92. The molecule has 28 heavy (non-hydrogen) atoms. The molecule has 4 amide bonds. The molecule has 2 heterocycles. The van der Waals surface area contributed by atoms with Gasteiger partial charge < -0.3 is 10.2 Å². The van der Waals surface area contributed by atoms with Crippen molar-refractivity contribution >= 4 is 23.5 Å². The number of fused-ring (bicyclic) bond motifs is 1. The van der Waals surface area contributed by atoms with Crippen molar-refractivity contribution in [3.05, 3.63) is 29.8 Å². The van der Waals surface area contributed by atoms with E-state index in [2.05, 4.69) is 12.2 Å². The average molecular weight is 383 g/mol. The minimum absolute atomic E-state index is 0.0529. The zero-order valence-electron chi connectivity index (χ0n) is 16.7. The van der Waals surface area contributed by atoms with Crippen LogP contribution < -0.4 is 10.2 Å². The molecule has 1 aromatic carbocycles. The van der Waals surface area contributed by atoms with Gasteiger partial charge in [0, 0.05) is 11.7 Å². The van der Waals surface area contributed by atoms with Gasteiger partial charge in [0.15, 0.2) is 0 Å². The van der Waals surface area contributed by atoms with Crippen LogP contribution in [0.1, 0.15) is 57.9 Å². The Labute approximate surface area is 166 Å². The fourth-order valence-electron chi connectivity index (χ4n) is 5.02. The van der Waals surface area contributed by atoms with Gasteiger partial charge in [-0.3, -0.25) is 14.5 Å². The number of para-hydroxylation sites is 1. The number of nitrogens with zero attached hydrogens (tertiary/aromatic N) is 2. The molecular weight excluding hydrogens is 354 g/mol. The van der Waals surface area contributed by atoms with Gasteiger partial charge in [-0.15, -0.1) is 0 Å². The van der Waals surface area contributed by atoms with Crippen LogP contribution in [-0.4, -0.2) is 40.9 Å². The van der Waals surface area contributed by atoms with Crippen molar-refractivity contribution < 1.29 is 14.4 Å². The Kier molecular flexibility index (Phi) is 4.89. The largest absolute Gasteiger partial charge is 0.325 e. The van der Waals surface area contributed by atoms with Crippen LogP contribution in [0.25, 0.3) is 0 Å². The van der Waals surface area contributed by atoms with Crippen LogP contribution in [0.15, 0.2) is 24.3 Å². The van der Waals surface area contributed by atoms with Crippen molar-refractivity contribution in [2.45, 2.75) is 70.4 Å². The number of anilines is 1. The number of imide groups is 1. The highest BCUT2D eigenvalue weighted by Gasteiger charge is 2.53. The van der Waals surface area contributed by atoms with Crippen molar-refractivity contribution in [3.63, 3.8) is 0 Å². The Morgan fingerprint density at radius 1 is 1.18 bits per heavy atom. The first kappa shape index (κ1) is 19.0. The second-order valence-corrected chi connectivity index (χ2v) is 8.54. The summed E-state index contributed by atoms with van der Waals surface area (Å²) in [5.74, 6) is 0.206. The van der Waals surface area contributed by atoms with Gasteiger partial charge in [-0.1, -0.05) is 31.5 Å². The quantitative estimate of drug-likeness (QED) is 0.815. The monoisotopic (exact) mass is 383 g/mol. The van der Waals surface area contributed by atoms with E-state index < -0.39 is 11.6 Å². The van der Waals surface area contributed by atoms with Crippen molar-refractivity contribution in [3.8, 4) is 0 Å². The number of carbonyl (C=O) groups excluding carboxylic acids is 3. The molecule has 6 heteroatoms. The van der Waals surface area contributed by atoms with E-state index >= 15 is 0 Å². The number of urea groups is 1. The van der Waals surface area contributed by atoms with Crippen LogP contribution >= 0.6 is 0 Å². The van der Waals surface area contributed by atoms with Crippen molar-refractivity contribution in [2.24, 2.45) is 5.92 Å². The maximum atomic E-state index is 13.1. The van der Waals surface area contributed by atoms with Gasteiger partial charge in [0.25, 0.3) is 5.91 Å². The molecule has 2 fully saturated rings. The van der Waals surface area contributed by atoms with E-state index in [-0.39, 0.29) is 24.4 Å². The molecule has 4 rings (SSSR count). The standard InChI is InChI=1S/C22H29N3O3/c1-3-16-10-12-22(13-11-16)20(27)24(21(28)23-22)14-19(26)25-15(2)8-9-17-6-4-5-7-18(17)25/h4-7,15-16H,3,8-14H2,1-2H3,(H,23,28). The van der Waals surface area contributed by atoms with Gasteiger partial charge in [-0.05, 0) is 63.0 Å². The van der Waals surface area contributed by atoms with E-state index in [0.29, 0.717) is 18.8 Å². The number of carbonyl (C=O) groups is 3. The third-order valence-electron chi connectivity index (χ3n) is 6.87. The Morgan fingerprint density at radius 2 is 1.89 bits per heavy atom. The van der Waals surface area contributed by atoms with Crippen molar-refractivity contribution in [1.82, 2.24) is 10.2 Å². The summed E-state index contributed by atoms with van der Waals surface area (Å²) in [6.07, 6.45) is 6.15. The van der Waals surface area contributed by atoms with Crippen molar-refractivity contribution in [2.75, 3.05) is 11.4 Å². The van der Waals surface area contributed by atoms with E-state index in [1.165, 1.54) is 0 Å². The van der Waals surface area contributed by atoms with E-state index in [0.717, 1.165) is 48.3 Å². The molecule has 0 bridgehead atoms. The maximum absolute atomic E-state index is 13.1. The lowest BCUT2D eigenvalue weighted by atomic mass is 9.75. The van der Waals surface area contributed by atoms with E-state index in [1.54, 1.807) is 4.90 Å². The number of nitrogens with one attached hydrogen (secondary N) is 1. The number of rotatable bonds is 3. The molecule has 0 radical (unpaired) electrons. The number of hydrogen-bond acceptors (Lipinski definition) is 3. The van der Waals surface area contributed by atoms with Crippen LogP contribution in [0.5, 0.6) is 0 Å². The molecule has 1 saturated carbocycles. The Balaban J connectivity index is 1.51. The van der Waals surface area contributed by atoms with Crippen LogP contribution in [0.4, 0.5) is 10.5 Å². The van der Waals surface area contributed by atoms with Crippen LogP contribution in [-0.2, 0) is 16.0 Å². The van der Waals surface area contributed by atoms with E-state index in [4.69, 9.17) is 0 Å². The molecule has 6 nitrogen and oxygen atoms in total. The van der Waals surface area contributed by atoms with Gasteiger partial charge in [-0.2, -0.15) is 0 Å². The Bertz CT molecular complexity index is 798. The van der Waals surface area contributed by atoms with E-state index in [1.807, 2.05) is 31.2 Å². The molecule has 3 aliphatic rings. The number of aryl methyl sites for hydroxylation is 1. The zero-order valence-corrected chi connectivity index (χ0v) is 16.7. The number of benzene rings is 1. The molecule has 1 N–H and O–H groups in total. The van der Waals surface area contributed by atoms with Gasteiger partial charge in [0.2, 0.25) is 5.91 Å². The van der Waals surface area contributed by atoms with Crippen LogP contribution in [0.2, 0.25) is 0 Å². The molecule has 0 aromatic heterocycles. The van der Waals surface area contributed by atoms with E-state index in [9.17, 15) is 14.4 Å². The van der Waals surface area contributed by atoms with Gasteiger partial charge in [0.05, 0.1) is 0 Å². The first-order valence-corrected chi connectivity index (χ1v) is 10.5. The molecule has 150 valence electrons. The molecule has 2 aliphatic heterocycles. The first-order chi connectivity index (χ1) is 13.4. The highest BCUT2D eigenvalue weighted by Crippen LogP contribution is 2.38. The number of amides is 4. The summed E-state index contributed by atoms with van der Waals surface area (Å²) in [5, 5.41) is 2.92. The Hall–Kier alpha value is -2.37. The highest BCUT2D eigenvalue weighted by molar-refractivity contribution is 6.10. The summed E-state index contributed by atoms with van der Waals surface area (Å²) in [6.45, 7) is 4.00. The molecule has 1 atom stereocenters. The fourth-order valence-corrected chi connectivity index (χ4v) is 5.02. The predicted molar refractivity (Wildman–Crippen MR) is 107 cm³/mol. The molecule has 1 spiro atoms. The normalized spacial score (nSPS) is 29.8. The summed E-state index contributed by atoms with van der Waals surface area (Å²) in [7, 11) is 0. The second-order valence-electron chi connectivity index (χ2n) is 8.54. The molecule has 1 aromatic rings. The SMILES string of the molecule is CCC1CCC2(CC1)NC(=O)N(CC(=O)N1c3ccccc3CCC1C)C2=O. The molecule has 1 aliphatic carbocycles.